The first kappa shape index (κ1) is 19.5. The maximum atomic E-state index is 13.3. The van der Waals surface area contributed by atoms with Crippen molar-refractivity contribution in [1.29, 1.82) is 0 Å². The van der Waals surface area contributed by atoms with Crippen LogP contribution in [0.25, 0.3) is 25.1 Å². The molecule has 0 saturated heterocycles. The summed E-state index contributed by atoms with van der Waals surface area (Å²) in [6.45, 7) is 4.32. The van der Waals surface area contributed by atoms with Crippen LogP contribution in [0.15, 0.2) is 102 Å². The third-order valence-electron chi connectivity index (χ3n) is 5.52. The highest BCUT2D eigenvalue weighted by atomic mass is 32.2. The first-order chi connectivity index (χ1) is 15.1. The van der Waals surface area contributed by atoms with Gasteiger partial charge < -0.3 is 4.74 Å². The fraction of sp³-hybridized carbons (Fsp3) is 0.107. The van der Waals surface area contributed by atoms with Gasteiger partial charge in [-0.15, -0.1) is 0 Å². The van der Waals surface area contributed by atoms with Gasteiger partial charge in [-0.3, -0.25) is 4.79 Å². The minimum absolute atomic E-state index is 0.126. The standard InChI is InChI=1S/C28H23O2S/c1-19(2)20-12-17-27-25(18-20)28(29)24-10-6-7-11-26(24)31(27)23-15-13-22(14-16-23)30-21-8-4-3-5-9-21/h3-19H,1-2H3/q+1. The zero-order valence-electron chi connectivity index (χ0n) is 17.5. The number of para-hydroxylation sites is 1. The number of hydrogen-bond acceptors (Lipinski definition) is 2. The highest BCUT2D eigenvalue weighted by molar-refractivity contribution is 7.49. The van der Waals surface area contributed by atoms with E-state index < -0.39 is 0 Å². The lowest BCUT2D eigenvalue weighted by molar-refractivity contribution is 0.483. The van der Waals surface area contributed by atoms with Crippen molar-refractivity contribution in [3.8, 4) is 16.4 Å². The van der Waals surface area contributed by atoms with E-state index in [0.717, 1.165) is 31.7 Å². The SMILES string of the molecule is CC(C)c1ccc2c(c1)c(=O)c1ccccc1[s+]2-c1ccc(Oc2ccccc2)cc1. The molecule has 0 aliphatic heterocycles. The van der Waals surface area contributed by atoms with E-state index in [2.05, 4.69) is 50.2 Å². The Morgan fingerprint density at radius 1 is 0.677 bits per heavy atom. The third kappa shape index (κ3) is 3.62. The second-order valence-corrected chi connectivity index (χ2v) is 9.89. The van der Waals surface area contributed by atoms with Gasteiger partial charge in [-0.2, -0.15) is 0 Å². The lowest BCUT2D eigenvalue weighted by Crippen LogP contribution is -2.03. The van der Waals surface area contributed by atoms with E-state index in [1.54, 1.807) is 0 Å². The van der Waals surface area contributed by atoms with Crippen LogP contribution in [0.1, 0.15) is 25.3 Å². The lowest BCUT2D eigenvalue weighted by atomic mass is 10.0. The molecule has 1 aromatic heterocycles. The summed E-state index contributed by atoms with van der Waals surface area (Å²) in [4.78, 5) is 14.5. The lowest BCUT2D eigenvalue weighted by Gasteiger charge is -2.08. The molecule has 0 fully saturated rings. The van der Waals surface area contributed by atoms with Gasteiger partial charge in [-0.05, 0) is 60.0 Å². The van der Waals surface area contributed by atoms with Crippen LogP contribution in [0.4, 0.5) is 0 Å². The van der Waals surface area contributed by atoms with Crippen molar-refractivity contribution >= 4 is 30.6 Å². The van der Waals surface area contributed by atoms with Crippen molar-refractivity contribution in [2.75, 3.05) is 0 Å². The molecule has 0 spiro atoms. The van der Waals surface area contributed by atoms with Gasteiger partial charge in [0, 0.05) is 22.6 Å². The molecule has 0 aliphatic rings. The van der Waals surface area contributed by atoms with E-state index >= 15 is 0 Å². The maximum absolute atomic E-state index is 13.3. The first-order valence-corrected chi connectivity index (χ1v) is 11.7. The smallest absolute Gasteiger partial charge is 0.203 e. The van der Waals surface area contributed by atoms with Gasteiger partial charge in [-0.1, -0.05) is 50.2 Å². The molecule has 1 atom stereocenters. The van der Waals surface area contributed by atoms with E-state index in [0.29, 0.717) is 5.92 Å². The maximum Gasteiger partial charge on any atom is 0.203 e. The quantitative estimate of drug-likeness (QED) is 0.216. The summed E-state index contributed by atoms with van der Waals surface area (Å²) in [5.41, 5.74) is 1.32. The molecule has 5 rings (SSSR count). The average Bonchev–Trinajstić information content (AvgIpc) is 2.81. The number of rotatable bonds is 4. The first-order valence-electron chi connectivity index (χ1n) is 10.5. The summed E-state index contributed by atoms with van der Waals surface area (Å²) >= 11 is 0. The van der Waals surface area contributed by atoms with Gasteiger partial charge in [0.2, 0.25) is 5.43 Å². The molecule has 3 heteroatoms. The van der Waals surface area contributed by atoms with Crippen LogP contribution in [0.3, 0.4) is 0 Å². The molecule has 31 heavy (non-hydrogen) atoms. The summed E-state index contributed by atoms with van der Waals surface area (Å²) in [7, 11) is -0.331. The minimum atomic E-state index is -0.331. The Morgan fingerprint density at radius 3 is 2.06 bits per heavy atom. The van der Waals surface area contributed by atoms with E-state index in [4.69, 9.17) is 4.74 Å². The van der Waals surface area contributed by atoms with Crippen molar-refractivity contribution < 1.29 is 4.74 Å². The topological polar surface area (TPSA) is 26.3 Å². The Bertz CT molecular complexity index is 1430. The van der Waals surface area contributed by atoms with Gasteiger partial charge in [0.1, 0.15) is 11.5 Å². The second-order valence-electron chi connectivity index (χ2n) is 7.93. The molecular formula is C28H23O2S+. The predicted octanol–water partition coefficient (Wildman–Crippen LogP) is 8.01. The number of benzene rings is 4. The van der Waals surface area contributed by atoms with Crippen molar-refractivity contribution in [1.82, 2.24) is 0 Å². The summed E-state index contributed by atoms with van der Waals surface area (Å²) in [6.07, 6.45) is 0. The molecular weight excluding hydrogens is 400 g/mol. The molecule has 0 N–H and O–H groups in total. The molecule has 1 heterocycles. The molecule has 5 aromatic rings. The highest BCUT2D eigenvalue weighted by Crippen LogP contribution is 2.44. The molecule has 152 valence electrons. The van der Waals surface area contributed by atoms with Crippen LogP contribution in [-0.2, 0) is 0 Å². The highest BCUT2D eigenvalue weighted by Gasteiger charge is 2.23. The minimum Gasteiger partial charge on any atom is -0.457 e. The predicted molar refractivity (Wildman–Crippen MR) is 132 cm³/mol. The van der Waals surface area contributed by atoms with Crippen molar-refractivity contribution in [2.45, 2.75) is 19.8 Å². The van der Waals surface area contributed by atoms with Gasteiger partial charge >= 0.3 is 0 Å². The van der Waals surface area contributed by atoms with Crippen LogP contribution < -0.4 is 10.2 Å². The van der Waals surface area contributed by atoms with Crippen LogP contribution >= 0.6 is 10.5 Å². The average molecular weight is 424 g/mol. The molecule has 0 amide bonds. The third-order valence-corrected chi connectivity index (χ3v) is 7.86. The normalized spacial score (nSPS) is 11.9. The number of fused-ring (bicyclic) bond motifs is 2. The molecule has 0 saturated carbocycles. The number of ether oxygens (including phenoxy) is 1. The zero-order valence-corrected chi connectivity index (χ0v) is 18.4. The van der Waals surface area contributed by atoms with Crippen molar-refractivity contribution in [3.05, 3.63) is 113 Å². The molecule has 4 aromatic carbocycles. The molecule has 2 nitrogen and oxygen atoms in total. The fourth-order valence-electron chi connectivity index (χ4n) is 3.88. The summed E-state index contributed by atoms with van der Waals surface area (Å²) < 4.78 is 8.16. The largest absolute Gasteiger partial charge is 0.457 e. The Kier molecular flexibility index (Phi) is 5.05. The molecule has 0 radical (unpaired) electrons. The van der Waals surface area contributed by atoms with Crippen LogP contribution in [0, 0.1) is 0 Å². The molecule has 1 unspecified atom stereocenters. The van der Waals surface area contributed by atoms with Crippen molar-refractivity contribution in [3.63, 3.8) is 0 Å². The van der Waals surface area contributed by atoms with Gasteiger partial charge in [0.05, 0.1) is 10.8 Å². The van der Waals surface area contributed by atoms with E-state index in [-0.39, 0.29) is 15.9 Å². The van der Waals surface area contributed by atoms with Gasteiger partial charge in [-0.25, -0.2) is 0 Å². The van der Waals surface area contributed by atoms with E-state index in [1.807, 2.05) is 60.7 Å². The molecule has 0 aliphatic carbocycles. The summed E-state index contributed by atoms with van der Waals surface area (Å²) in [5, 5.41) is 1.64. The van der Waals surface area contributed by atoms with Crippen molar-refractivity contribution in [2.24, 2.45) is 0 Å². The van der Waals surface area contributed by atoms with Crippen LogP contribution in [0.2, 0.25) is 0 Å². The summed E-state index contributed by atoms with van der Waals surface area (Å²) in [6, 6.07) is 32.5. The van der Waals surface area contributed by atoms with Crippen LogP contribution in [-0.4, -0.2) is 0 Å². The Labute approximate surface area is 184 Å². The zero-order chi connectivity index (χ0) is 21.4. The van der Waals surface area contributed by atoms with Gasteiger partial charge in [0.25, 0.3) is 0 Å². The van der Waals surface area contributed by atoms with E-state index in [9.17, 15) is 4.79 Å². The monoisotopic (exact) mass is 423 g/mol. The Hall–Kier alpha value is -3.43. The second kappa shape index (κ2) is 8.01. The Morgan fingerprint density at radius 2 is 1.32 bits per heavy atom. The Balaban J connectivity index is 1.69. The molecule has 0 bridgehead atoms. The fourth-order valence-corrected chi connectivity index (χ4v) is 6.20. The van der Waals surface area contributed by atoms with Crippen LogP contribution in [0.5, 0.6) is 11.5 Å². The van der Waals surface area contributed by atoms with E-state index in [1.165, 1.54) is 10.5 Å². The van der Waals surface area contributed by atoms with Gasteiger partial charge in [0.15, 0.2) is 14.3 Å². The number of hydrogen-bond donors (Lipinski definition) is 0. The summed E-state index contributed by atoms with van der Waals surface area (Å²) in [5.74, 6) is 2.00.